The van der Waals surface area contributed by atoms with Gasteiger partial charge in [-0.2, -0.15) is 0 Å². The van der Waals surface area contributed by atoms with E-state index in [9.17, 15) is 4.79 Å². The molecule has 0 aliphatic heterocycles. The SMILES string of the molecule is CN(C(=O)COC1(C)CCC1)C1CCCc2ccccc21. The summed E-state index contributed by atoms with van der Waals surface area (Å²) in [5, 5.41) is 0. The van der Waals surface area contributed by atoms with E-state index in [1.807, 2.05) is 11.9 Å². The molecule has 0 heterocycles. The molecule has 1 amide bonds. The van der Waals surface area contributed by atoms with Crippen LogP contribution in [-0.2, 0) is 16.0 Å². The summed E-state index contributed by atoms with van der Waals surface area (Å²) in [5.74, 6) is 0.102. The van der Waals surface area contributed by atoms with Crippen molar-refractivity contribution >= 4 is 5.91 Å². The maximum absolute atomic E-state index is 12.4. The number of aryl methyl sites for hydroxylation is 1. The number of fused-ring (bicyclic) bond motifs is 1. The van der Waals surface area contributed by atoms with Crippen molar-refractivity contribution in [3.05, 3.63) is 35.4 Å². The number of amides is 1. The molecule has 0 N–H and O–H groups in total. The van der Waals surface area contributed by atoms with Crippen LogP contribution in [0, 0.1) is 0 Å². The number of rotatable bonds is 4. The summed E-state index contributed by atoms with van der Waals surface area (Å²) in [4.78, 5) is 14.3. The first-order valence-corrected chi connectivity index (χ1v) is 8.06. The van der Waals surface area contributed by atoms with E-state index < -0.39 is 0 Å². The first kappa shape index (κ1) is 14.6. The molecule has 3 nitrogen and oxygen atoms in total. The van der Waals surface area contributed by atoms with Crippen LogP contribution < -0.4 is 0 Å². The van der Waals surface area contributed by atoms with Crippen LogP contribution in [0.2, 0.25) is 0 Å². The summed E-state index contributed by atoms with van der Waals surface area (Å²) in [6.45, 7) is 2.32. The zero-order valence-electron chi connectivity index (χ0n) is 13.1. The fraction of sp³-hybridized carbons (Fsp3) is 0.611. The van der Waals surface area contributed by atoms with Gasteiger partial charge >= 0.3 is 0 Å². The molecule has 1 aromatic rings. The second-order valence-corrected chi connectivity index (χ2v) is 6.70. The monoisotopic (exact) mass is 287 g/mol. The molecule has 1 atom stereocenters. The number of nitrogens with zero attached hydrogens (tertiary/aromatic N) is 1. The molecular formula is C18H25NO2. The van der Waals surface area contributed by atoms with Gasteiger partial charge in [0.25, 0.3) is 0 Å². The Labute approximate surface area is 127 Å². The number of ether oxygens (including phenoxy) is 1. The van der Waals surface area contributed by atoms with Gasteiger partial charge in [-0.3, -0.25) is 4.79 Å². The van der Waals surface area contributed by atoms with Crippen LogP contribution >= 0.6 is 0 Å². The lowest BCUT2D eigenvalue weighted by Crippen LogP contribution is -2.42. The molecule has 2 aliphatic rings. The molecule has 1 saturated carbocycles. The van der Waals surface area contributed by atoms with Crippen molar-refractivity contribution in [2.45, 2.75) is 57.1 Å². The van der Waals surface area contributed by atoms with Crippen LogP contribution in [-0.4, -0.2) is 30.1 Å². The Morgan fingerprint density at radius 3 is 2.81 bits per heavy atom. The largest absolute Gasteiger partial charge is 0.365 e. The number of carbonyl (C=O) groups is 1. The molecule has 3 rings (SSSR count). The van der Waals surface area contributed by atoms with E-state index in [0.717, 1.165) is 32.1 Å². The Balaban J connectivity index is 1.65. The van der Waals surface area contributed by atoms with Gasteiger partial charge in [0.05, 0.1) is 11.6 Å². The fourth-order valence-corrected chi connectivity index (χ4v) is 3.46. The third kappa shape index (κ3) is 2.98. The van der Waals surface area contributed by atoms with E-state index in [1.54, 1.807) is 0 Å². The van der Waals surface area contributed by atoms with Crippen molar-refractivity contribution in [2.24, 2.45) is 0 Å². The number of hydrogen-bond donors (Lipinski definition) is 0. The predicted octanol–water partition coefficient (Wildman–Crippen LogP) is 3.48. The molecular weight excluding hydrogens is 262 g/mol. The van der Waals surface area contributed by atoms with Gasteiger partial charge in [0.1, 0.15) is 6.61 Å². The summed E-state index contributed by atoms with van der Waals surface area (Å²) >= 11 is 0. The standard InChI is InChI=1S/C18H25NO2/c1-18(11-6-12-18)21-13-17(20)19(2)16-10-5-8-14-7-3-4-9-15(14)16/h3-4,7,9,16H,5-6,8,10-13H2,1-2H3. The van der Waals surface area contributed by atoms with Gasteiger partial charge < -0.3 is 9.64 Å². The maximum atomic E-state index is 12.4. The molecule has 1 aromatic carbocycles. The minimum Gasteiger partial charge on any atom is -0.365 e. The Hall–Kier alpha value is -1.35. The Kier molecular flexibility index (Phi) is 4.03. The average Bonchev–Trinajstić information content (AvgIpc) is 2.49. The Morgan fingerprint density at radius 1 is 1.33 bits per heavy atom. The molecule has 1 unspecified atom stereocenters. The van der Waals surface area contributed by atoms with E-state index in [0.29, 0.717) is 0 Å². The van der Waals surface area contributed by atoms with Gasteiger partial charge in [-0.15, -0.1) is 0 Å². The molecule has 0 spiro atoms. The fourth-order valence-electron chi connectivity index (χ4n) is 3.46. The zero-order chi connectivity index (χ0) is 14.9. The summed E-state index contributed by atoms with van der Waals surface area (Å²) in [6.07, 6.45) is 6.71. The Bertz CT molecular complexity index is 522. The van der Waals surface area contributed by atoms with Crippen molar-refractivity contribution < 1.29 is 9.53 Å². The number of hydrogen-bond acceptors (Lipinski definition) is 2. The highest BCUT2D eigenvalue weighted by Crippen LogP contribution is 2.36. The van der Waals surface area contributed by atoms with Gasteiger partial charge in [0.2, 0.25) is 5.91 Å². The van der Waals surface area contributed by atoms with Crippen molar-refractivity contribution in [1.82, 2.24) is 4.90 Å². The van der Waals surface area contributed by atoms with Gasteiger partial charge in [0.15, 0.2) is 0 Å². The van der Waals surface area contributed by atoms with E-state index in [-0.39, 0.29) is 24.2 Å². The molecule has 114 valence electrons. The molecule has 0 radical (unpaired) electrons. The molecule has 1 fully saturated rings. The topological polar surface area (TPSA) is 29.5 Å². The lowest BCUT2D eigenvalue weighted by Gasteiger charge is -2.39. The smallest absolute Gasteiger partial charge is 0.248 e. The molecule has 3 heteroatoms. The van der Waals surface area contributed by atoms with Gasteiger partial charge in [0, 0.05) is 7.05 Å². The minimum absolute atomic E-state index is 0.0546. The van der Waals surface area contributed by atoms with Crippen LogP contribution in [0.15, 0.2) is 24.3 Å². The molecule has 21 heavy (non-hydrogen) atoms. The van der Waals surface area contributed by atoms with Crippen molar-refractivity contribution in [2.75, 3.05) is 13.7 Å². The predicted molar refractivity (Wildman–Crippen MR) is 83.1 cm³/mol. The summed E-state index contributed by atoms with van der Waals surface area (Å²) in [7, 11) is 1.92. The quantitative estimate of drug-likeness (QED) is 0.848. The first-order valence-electron chi connectivity index (χ1n) is 8.06. The van der Waals surface area contributed by atoms with Crippen molar-refractivity contribution in [1.29, 1.82) is 0 Å². The summed E-state index contributed by atoms with van der Waals surface area (Å²) in [6, 6.07) is 8.72. The third-order valence-electron chi connectivity index (χ3n) is 5.15. The van der Waals surface area contributed by atoms with Gasteiger partial charge in [-0.25, -0.2) is 0 Å². The van der Waals surface area contributed by atoms with E-state index >= 15 is 0 Å². The van der Waals surface area contributed by atoms with Crippen LogP contribution in [0.25, 0.3) is 0 Å². The molecule has 2 aliphatic carbocycles. The van der Waals surface area contributed by atoms with Crippen LogP contribution in [0.1, 0.15) is 56.2 Å². The summed E-state index contributed by atoms with van der Waals surface area (Å²) in [5.41, 5.74) is 2.65. The molecule has 0 aromatic heterocycles. The Morgan fingerprint density at radius 2 is 2.10 bits per heavy atom. The van der Waals surface area contributed by atoms with Gasteiger partial charge in [-0.1, -0.05) is 24.3 Å². The summed E-state index contributed by atoms with van der Waals surface area (Å²) < 4.78 is 5.84. The highest BCUT2D eigenvalue weighted by molar-refractivity contribution is 5.77. The third-order valence-corrected chi connectivity index (χ3v) is 5.15. The number of likely N-dealkylation sites (N-methyl/N-ethyl adjacent to an activating group) is 1. The van der Waals surface area contributed by atoms with E-state index in [1.165, 1.54) is 17.5 Å². The maximum Gasteiger partial charge on any atom is 0.248 e. The van der Waals surface area contributed by atoms with Crippen molar-refractivity contribution in [3.8, 4) is 0 Å². The first-order chi connectivity index (χ1) is 10.1. The second-order valence-electron chi connectivity index (χ2n) is 6.70. The molecule has 0 saturated heterocycles. The van der Waals surface area contributed by atoms with Crippen LogP contribution in [0.5, 0.6) is 0 Å². The molecule has 0 bridgehead atoms. The normalized spacial score (nSPS) is 23.0. The minimum atomic E-state index is -0.0546. The number of benzene rings is 1. The second kappa shape index (κ2) is 5.80. The van der Waals surface area contributed by atoms with Crippen molar-refractivity contribution in [3.63, 3.8) is 0 Å². The average molecular weight is 287 g/mol. The van der Waals surface area contributed by atoms with Gasteiger partial charge in [-0.05, 0) is 56.6 Å². The lowest BCUT2D eigenvalue weighted by atomic mass is 9.82. The highest BCUT2D eigenvalue weighted by atomic mass is 16.5. The van der Waals surface area contributed by atoms with Crippen LogP contribution in [0.3, 0.4) is 0 Å². The van der Waals surface area contributed by atoms with E-state index in [2.05, 4.69) is 31.2 Å². The zero-order valence-corrected chi connectivity index (χ0v) is 13.1. The van der Waals surface area contributed by atoms with E-state index in [4.69, 9.17) is 4.74 Å². The van der Waals surface area contributed by atoms with Crippen LogP contribution in [0.4, 0.5) is 0 Å². The highest BCUT2D eigenvalue weighted by Gasteiger charge is 2.34. The number of carbonyl (C=O) groups excluding carboxylic acids is 1. The lowest BCUT2D eigenvalue weighted by molar-refractivity contribution is -0.150.